The molecule has 2 heterocycles. The quantitative estimate of drug-likeness (QED) is 0.0546. The van der Waals surface area contributed by atoms with Crippen LogP contribution in [-0.2, 0) is 0 Å². The van der Waals surface area contributed by atoms with Gasteiger partial charge < -0.3 is 19.0 Å². The van der Waals surface area contributed by atoms with E-state index in [4.69, 9.17) is 21.1 Å². The zero-order chi connectivity index (χ0) is 36.1. The number of ketones is 2. The molecule has 2 aliphatic heterocycles. The molecule has 4 aromatic rings. The van der Waals surface area contributed by atoms with E-state index in [9.17, 15) is 29.4 Å². The Bertz CT molecular complexity index is 2900. The van der Waals surface area contributed by atoms with Crippen molar-refractivity contribution in [2.45, 2.75) is 6.42 Å². The fraction of sp³-hybridized carbons (Fsp3) is 0.0238. The van der Waals surface area contributed by atoms with E-state index in [1.165, 1.54) is 54.6 Å². The molecule has 0 bridgehead atoms. The number of benzene rings is 6. The highest BCUT2D eigenvalue weighted by Gasteiger charge is 2.26. The molecule has 4 aromatic carbocycles. The van der Waals surface area contributed by atoms with Gasteiger partial charge in [-0.15, -0.1) is 0 Å². The van der Waals surface area contributed by atoms with E-state index in [1.54, 1.807) is 60.7 Å². The third-order valence-corrected chi connectivity index (χ3v) is 9.01. The third-order valence-electron chi connectivity index (χ3n) is 8.92. The van der Waals surface area contributed by atoms with Crippen molar-refractivity contribution in [3.8, 4) is 56.4 Å². The van der Waals surface area contributed by atoms with Gasteiger partial charge in [0, 0.05) is 68.4 Å². The number of Topliss-reactive ketones (excluding diaryl/α,β-unsaturated/α-hetero) is 2. The Hall–Kier alpha value is -7.00. The van der Waals surface area contributed by atoms with E-state index in [1.807, 2.05) is 0 Å². The largest absolute Gasteiger partial charge is 0.508 e. The second-order valence-electron chi connectivity index (χ2n) is 12.1. The summed E-state index contributed by atoms with van der Waals surface area (Å²) in [6.07, 6.45) is -0.536. The van der Waals surface area contributed by atoms with Crippen LogP contribution in [-0.4, -0.2) is 26.9 Å². The fourth-order valence-electron chi connectivity index (χ4n) is 6.68. The number of phenols is 2. The molecule has 0 fully saturated rings. The Morgan fingerprint density at radius 1 is 0.596 bits per heavy atom. The summed E-state index contributed by atoms with van der Waals surface area (Å²) < 4.78 is 12.0. The van der Waals surface area contributed by atoms with Gasteiger partial charge >= 0.3 is 0 Å². The topological polar surface area (TPSA) is 147 Å². The summed E-state index contributed by atoms with van der Waals surface area (Å²) in [4.78, 5) is 57.4. The van der Waals surface area contributed by atoms with Crippen molar-refractivity contribution in [3.05, 3.63) is 147 Å². The van der Waals surface area contributed by atoms with Crippen molar-refractivity contribution in [1.29, 1.82) is 0 Å². The highest BCUT2D eigenvalue weighted by Crippen LogP contribution is 2.44. The van der Waals surface area contributed by atoms with Gasteiger partial charge in [-0.2, -0.15) is 4.99 Å². The number of carbonyl (C=O) groups is 2. The molecule has 0 unspecified atom stereocenters. The molecule has 10 heteroatoms. The van der Waals surface area contributed by atoms with Gasteiger partial charge in [0.25, 0.3) is 0 Å². The average molecular weight is 702 g/mol. The molecule has 9 nitrogen and oxygen atoms in total. The Balaban J connectivity index is 1.28. The number of fused-ring (bicyclic) bond motifs is 4. The lowest BCUT2D eigenvalue weighted by molar-refractivity contribution is 0.0895. The summed E-state index contributed by atoms with van der Waals surface area (Å²) in [5, 5.41) is 23.9. The number of carbonyl (C=O) groups excluding carboxylic acids is 2. The Morgan fingerprint density at radius 2 is 1.12 bits per heavy atom. The van der Waals surface area contributed by atoms with E-state index in [-0.39, 0.29) is 50.6 Å². The van der Waals surface area contributed by atoms with E-state index in [0.29, 0.717) is 55.4 Å². The van der Waals surface area contributed by atoms with Gasteiger partial charge in [0.15, 0.2) is 22.4 Å². The molecular weight excluding hydrogens is 679 g/mol. The summed E-state index contributed by atoms with van der Waals surface area (Å²) >= 11 is 4.84. The Morgan fingerprint density at radius 3 is 1.69 bits per heavy atom. The van der Waals surface area contributed by atoms with E-state index < -0.39 is 18.0 Å². The van der Waals surface area contributed by atoms with Crippen LogP contribution in [0.25, 0.3) is 66.8 Å². The van der Waals surface area contributed by atoms with Gasteiger partial charge in [0.2, 0.25) is 0 Å². The molecule has 0 spiro atoms. The minimum atomic E-state index is -0.536. The van der Waals surface area contributed by atoms with Gasteiger partial charge in [-0.1, -0.05) is 30.3 Å². The fourth-order valence-corrected chi connectivity index (χ4v) is 6.79. The molecule has 0 radical (unpaired) electrons. The molecule has 0 saturated carbocycles. The molecule has 0 atom stereocenters. The molecule has 52 heavy (non-hydrogen) atoms. The van der Waals surface area contributed by atoms with Crippen LogP contribution in [0.2, 0.25) is 0 Å². The van der Waals surface area contributed by atoms with Crippen LogP contribution in [0.1, 0.15) is 27.1 Å². The standard InChI is InChI=1S/C42H23NO8S/c44-23-6-11-30-37(16-23)50-38-17-24(45)7-12-31(38)41(30)28-4-2-1-3-27(28)35(48)20-36(49)34-15-22(43-21-52)5-10-29(34)42-32-13-8-25(46)18-39(32)51-40-19-26(47)9-14-33(40)42/h1-19,44,46H,20H2. The normalized spacial score (nSPS) is 11.2. The molecule has 0 saturated heterocycles. The van der Waals surface area contributed by atoms with Crippen LogP contribution < -0.4 is 10.9 Å². The first-order valence-electron chi connectivity index (χ1n) is 16.0. The van der Waals surface area contributed by atoms with Crippen LogP contribution in [0.3, 0.4) is 0 Å². The zero-order valence-electron chi connectivity index (χ0n) is 26.9. The van der Waals surface area contributed by atoms with E-state index >= 15 is 0 Å². The maximum absolute atomic E-state index is 14.4. The van der Waals surface area contributed by atoms with E-state index in [2.05, 4.69) is 10.2 Å². The Labute approximate surface area is 299 Å². The molecule has 4 aliphatic rings. The SMILES string of the molecule is O=C(CC(=O)c1cc(N=C=S)ccc1-c1c2ccc(=O)cc-2oc2cc(O)ccc12)c1ccccc1-c1c2ccc(=O)cc-2oc2cc(O)ccc12. The van der Waals surface area contributed by atoms with Crippen LogP contribution in [0.15, 0.2) is 139 Å². The lowest BCUT2D eigenvalue weighted by Gasteiger charge is -2.18. The van der Waals surface area contributed by atoms with Crippen molar-refractivity contribution in [2.75, 3.05) is 0 Å². The molecule has 0 amide bonds. The molecule has 8 rings (SSSR count). The number of nitrogens with zero attached hydrogens (tertiary/aromatic N) is 1. The van der Waals surface area contributed by atoms with Crippen molar-refractivity contribution in [3.63, 3.8) is 0 Å². The summed E-state index contributed by atoms with van der Waals surface area (Å²) in [5.41, 5.74) is 3.99. The van der Waals surface area contributed by atoms with Crippen LogP contribution >= 0.6 is 12.2 Å². The summed E-state index contributed by atoms with van der Waals surface area (Å²) in [6.45, 7) is 0. The van der Waals surface area contributed by atoms with Crippen LogP contribution in [0, 0.1) is 0 Å². The highest BCUT2D eigenvalue weighted by atomic mass is 32.1. The molecule has 2 aliphatic carbocycles. The van der Waals surface area contributed by atoms with Crippen molar-refractivity contribution in [2.24, 2.45) is 4.99 Å². The van der Waals surface area contributed by atoms with Crippen molar-refractivity contribution < 1.29 is 28.6 Å². The first-order valence-corrected chi connectivity index (χ1v) is 16.4. The average Bonchev–Trinajstić information content (AvgIpc) is 3.12. The lowest BCUT2D eigenvalue weighted by atomic mass is 9.86. The van der Waals surface area contributed by atoms with Crippen LogP contribution in [0.5, 0.6) is 11.5 Å². The summed E-state index contributed by atoms with van der Waals surface area (Å²) in [7, 11) is 0. The third kappa shape index (κ3) is 5.64. The number of hydrogen-bond acceptors (Lipinski definition) is 10. The molecule has 2 N–H and O–H groups in total. The number of rotatable bonds is 7. The number of hydrogen-bond donors (Lipinski definition) is 2. The zero-order valence-corrected chi connectivity index (χ0v) is 27.7. The van der Waals surface area contributed by atoms with Crippen molar-refractivity contribution >= 4 is 56.6 Å². The molecule has 0 aromatic heterocycles. The first-order chi connectivity index (χ1) is 25.2. The highest BCUT2D eigenvalue weighted by molar-refractivity contribution is 7.78. The molecule has 250 valence electrons. The van der Waals surface area contributed by atoms with Crippen molar-refractivity contribution in [1.82, 2.24) is 0 Å². The summed E-state index contributed by atoms with van der Waals surface area (Å²) in [6, 6.07) is 29.6. The van der Waals surface area contributed by atoms with Crippen LogP contribution in [0.4, 0.5) is 5.69 Å². The van der Waals surface area contributed by atoms with E-state index in [0.717, 1.165) is 0 Å². The predicted molar refractivity (Wildman–Crippen MR) is 200 cm³/mol. The number of aromatic hydroxyl groups is 2. The second kappa shape index (κ2) is 12.7. The maximum Gasteiger partial charge on any atom is 0.182 e. The smallest absolute Gasteiger partial charge is 0.182 e. The monoisotopic (exact) mass is 701 g/mol. The van der Waals surface area contributed by atoms with Gasteiger partial charge in [-0.05, 0) is 84.0 Å². The maximum atomic E-state index is 14.4. The lowest BCUT2D eigenvalue weighted by Crippen LogP contribution is -2.12. The number of thiocarbonyl (C=S) groups is 1. The molecular formula is C42H23NO8S. The van der Waals surface area contributed by atoms with Gasteiger partial charge in [0.05, 0.1) is 17.3 Å². The number of aliphatic imine (C=N–C) groups is 1. The number of isothiocyanates is 1. The minimum absolute atomic E-state index is 0.0382. The second-order valence-corrected chi connectivity index (χ2v) is 12.3. The van der Waals surface area contributed by atoms with Gasteiger partial charge in [-0.25, -0.2) is 0 Å². The first kappa shape index (κ1) is 32.2. The number of phenolic OH excluding ortho intramolecular Hbond substituents is 2. The minimum Gasteiger partial charge on any atom is -0.508 e. The summed E-state index contributed by atoms with van der Waals surface area (Å²) in [5.74, 6) is -0.568. The van der Waals surface area contributed by atoms with Gasteiger partial charge in [-0.3, -0.25) is 19.2 Å². The van der Waals surface area contributed by atoms with Gasteiger partial charge in [0.1, 0.15) is 34.2 Å². The Kier molecular flexibility index (Phi) is 7.88. The predicted octanol–water partition coefficient (Wildman–Crippen LogP) is 9.04.